The van der Waals surface area contributed by atoms with Crippen LogP contribution in [0.3, 0.4) is 0 Å². The summed E-state index contributed by atoms with van der Waals surface area (Å²) < 4.78 is 28.0. The van der Waals surface area contributed by atoms with Crippen molar-refractivity contribution < 1.29 is 18.0 Å². The zero-order valence-corrected chi connectivity index (χ0v) is 18.5. The number of anilines is 2. The zero-order valence-electron chi connectivity index (χ0n) is 16.9. The van der Waals surface area contributed by atoms with Gasteiger partial charge in [-0.05, 0) is 43.2 Å². The Morgan fingerprint density at radius 2 is 1.81 bits per heavy atom. The first-order chi connectivity index (χ1) is 14.8. The Morgan fingerprint density at radius 1 is 1.06 bits per heavy atom. The molecule has 2 N–H and O–H groups in total. The van der Waals surface area contributed by atoms with Gasteiger partial charge in [0.15, 0.2) is 0 Å². The van der Waals surface area contributed by atoms with E-state index in [-0.39, 0.29) is 39.9 Å². The van der Waals surface area contributed by atoms with Gasteiger partial charge in [0.1, 0.15) is 0 Å². The van der Waals surface area contributed by atoms with Crippen molar-refractivity contribution in [3.63, 3.8) is 0 Å². The number of nitrogens with zero attached hydrogens (tertiary/aromatic N) is 1. The molecule has 1 aliphatic heterocycles. The molecule has 1 heterocycles. The highest BCUT2D eigenvalue weighted by molar-refractivity contribution is 7.92. The molecule has 0 bridgehead atoms. The fourth-order valence-electron chi connectivity index (χ4n) is 4.21. The van der Waals surface area contributed by atoms with Crippen LogP contribution < -0.4 is 10.0 Å². The molecule has 2 aromatic rings. The molecule has 1 saturated heterocycles. The molecular formula is C22H24ClN3O4S. The minimum absolute atomic E-state index is 0.000278. The Labute approximate surface area is 186 Å². The van der Waals surface area contributed by atoms with Gasteiger partial charge in [0.05, 0.1) is 21.5 Å². The fourth-order valence-corrected chi connectivity index (χ4v) is 5.57. The van der Waals surface area contributed by atoms with E-state index in [2.05, 4.69) is 10.0 Å². The number of rotatable bonds is 6. The number of amides is 2. The van der Waals surface area contributed by atoms with Crippen molar-refractivity contribution in [2.75, 3.05) is 16.6 Å². The summed E-state index contributed by atoms with van der Waals surface area (Å²) in [6.07, 6.45) is 4.43. The Bertz CT molecular complexity index is 1100. The van der Waals surface area contributed by atoms with Crippen LogP contribution in [0.5, 0.6) is 0 Å². The predicted octanol–water partition coefficient (Wildman–Crippen LogP) is 3.87. The molecule has 4 rings (SSSR count). The summed E-state index contributed by atoms with van der Waals surface area (Å²) >= 11 is 6.05. The van der Waals surface area contributed by atoms with Crippen molar-refractivity contribution in [2.45, 2.75) is 43.0 Å². The lowest BCUT2D eigenvalue weighted by Gasteiger charge is -2.23. The zero-order chi connectivity index (χ0) is 22.0. The maximum atomic E-state index is 12.7. The van der Waals surface area contributed by atoms with Gasteiger partial charge >= 0.3 is 0 Å². The third-order valence-electron chi connectivity index (χ3n) is 5.82. The number of sulfonamides is 1. The van der Waals surface area contributed by atoms with Crippen molar-refractivity contribution in [3.05, 3.63) is 53.6 Å². The molecule has 7 nitrogen and oxygen atoms in total. The van der Waals surface area contributed by atoms with E-state index < -0.39 is 15.9 Å². The van der Waals surface area contributed by atoms with Crippen molar-refractivity contribution in [3.8, 4) is 0 Å². The number of hydrogen-bond acceptors (Lipinski definition) is 4. The molecule has 0 radical (unpaired) electrons. The van der Waals surface area contributed by atoms with Crippen molar-refractivity contribution in [1.82, 2.24) is 4.90 Å². The van der Waals surface area contributed by atoms with E-state index in [0.717, 1.165) is 25.7 Å². The lowest BCUT2D eigenvalue weighted by Crippen LogP contribution is -2.35. The lowest BCUT2D eigenvalue weighted by molar-refractivity contribution is -0.129. The highest BCUT2D eigenvalue weighted by Gasteiger charge is 2.38. The molecule has 1 unspecified atom stereocenters. The third kappa shape index (κ3) is 4.85. The summed E-state index contributed by atoms with van der Waals surface area (Å²) in [5.74, 6) is -0.690. The van der Waals surface area contributed by atoms with Crippen LogP contribution in [0.15, 0.2) is 53.4 Å². The molecule has 31 heavy (non-hydrogen) atoms. The molecule has 2 aromatic carbocycles. The van der Waals surface area contributed by atoms with Gasteiger partial charge in [-0.2, -0.15) is 0 Å². The Kier molecular flexibility index (Phi) is 6.20. The number of benzene rings is 2. The van der Waals surface area contributed by atoms with E-state index in [9.17, 15) is 18.0 Å². The third-order valence-corrected chi connectivity index (χ3v) is 7.52. The van der Waals surface area contributed by atoms with Crippen LogP contribution in [0, 0.1) is 5.92 Å². The van der Waals surface area contributed by atoms with Crippen molar-refractivity contribution in [1.29, 1.82) is 0 Å². The monoisotopic (exact) mass is 461 g/mol. The van der Waals surface area contributed by atoms with Gasteiger partial charge < -0.3 is 10.2 Å². The summed E-state index contributed by atoms with van der Waals surface area (Å²) in [5, 5.41) is 3.05. The molecule has 0 spiro atoms. The van der Waals surface area contributed by atoms with Crippen LogP contribution in [-0.2, 0) is 19.6 Å². The molecule has 9 heteroatoms. The molecule has 0 aromatic heterocycles. The largest absolute Gasteiger partial charge is 0.339 e. The standard InChI is InChI=1S/C22H24ClN3O4S/c23-19-10-3-4-11-20(19)25-31(29,30)18-9-5-6-16(13-18)24-22(28)15-12-21(27)26(14-15)17-7-1-2-8-17/h3-6,9-11,13,15,17,25H,1-2,7-8,12,14H2,(H,24,28). The van der Waals surface area contributed by atoms with Crippen LogP contribution in [0.25, 0.3) is 0 Å². The minimum Gasteiger partial charge on any atom is -0.339 e. The van der Waals surface area contributed by atoms with Crippen LogP contribution in [-0.4, -0.2) is 37.7 Å². The maximum Gasteiger partial charge on any atom is 0.262 e. The molecular weight excluding hydrogens is 438 g/mol. The Morgan fingerprint density at radius 3 is 2.55 bits per heavy atom. The first-order valence-electron chi connectivity index (χ1n) is 10.3. The lowest BCUT2D eigenvalue weighted by atomic mass is 10.1. The minimum atomic E-state index is -3.89. The van der Waals surface area contributed by atoms with E-state index in [1.54, 1.807) is 36.4 Å². The first kappa shape index (κ1) is 21.6. The molecule has 1 aliphatic carbocycles. The van der Waals surface area contributed by atoms with E-state index in [1.807, 2.05) is 4.90 Å². The van der Waals surface area contributed by atoms with Crippen LogP contribution in [0.4, 0.5) is 11.4 Å². The number of nitrogens with one attached hydrogen (secondary N) is 2. The summed E-state index contributed by atoms with van der Waals surface area (Å²) in [4.78, 5) is 26.9. The van der Waals surface area contributed by atoms with Gasteiger partial charge in [-0.25, -0.2) is 8.42 Å². The number of carbonyl (C=O) groups is 2. The highest BCUT2D eigenvalue weighted by atomic mass is 35.5. The molecule has 164 valence electrons. The first-order valence-corrected chi connectivity index (χ1v) is 12.2. The topological polar surface area (TPSA) is 95.6 Å². The average Bonchev–Trinajstić information content (AvgIpc) is 3.39. The quantitative estimate of drug-likeness (QED) is 0.682. The number of halogens is 1. The highest BCUT2D eigenvalue weighted by Crippen LogP contribution is 2.30. The second-order valence-electron chi connectivity index (χ2n) is 7.99. The summed E-state index contributed by atoms with van der Waals surface area (Å²) in [7, 11) is -3.89. The normalized spacial score (nSPS) is 19.6. The van der Waals surface area contributed by atoms with Crippen molar-refractivity contribution >= 4 is 44.8 Å². The number of para-hydroxylation sites is 1. The van der Waals surface area contributed by atoms with Gasteiger partial charge in [-0.3, -0.25) is 14.3 Å². The summed E-state index contributed by atoms with van der Waals surface area (Å²) in [5.41, 5.74) is 0.633. The summed E-state index contributed by atoms with van der Waals surface area (Å²) in [6, 6.07) is 12.8. The second kappa shape index (κ2) is 8.88. The predicted molar refractivity (Wildman–Crippen MR) is 119 cm³/mol. The summed E-state index contributed by atoms with van der Waals surface area (Å²) in [6.45, 7) is 0.418. The Hall–Kier alpha value is -2.58. The number of likely N-dealkylation sites (tertiary alicyclic amines) is 1. The second-order valence-corrected chi connectivity index (χ2v) is 10.1. The number of hydrogen-bond donors (Lipinski definition) is 2. The van der Waals surface area contributed by atoms with Crippen LogP contribution in [0.1, 0.15) is 32.1 Å². The van der Waals surface area contributed by atoms with Gasteiger partial charge in [0.2, 0.25) is 11.8 Å². The SMILES string of the molecule is O=C(Nc1cccc(S(=O)(=O)Nc2ccccc2Cl)c1)C1CC(=O)N(C2CCCC2)C1. The van der Waals surface area contributed by atoms with Gasteiger partial charge in [0.25, 0.3) is 10.0 Å². The van der Waals surface area contributed by atoms with Gasteiger partial charge in [0, 0.05) is 24.7 Å². The smallest absolute Gasteiger partial charge is 0.262 e. The van der Waals surface area contributed by atoms with Crippen LogP contribution >= 0.6 is 11.6 Å². The van der Waals surface area contributed by atoms with Gasteiger partial charge in [-0.15, -0.1) is 0 Å². The Balaban J connectivity index is 1.44. The van der Waals surface area contributed by atoms with E-state index in [0.29, 0.717) is 12.2 Å². The average molecular weight is 462 g/mol. The molecule has 1 saturated carbocycles. The van der Waals surface area contributed by atoms with Gasteiger partial charge in [-0.1, -0.05) is 42.6 Å². The van der Waals surface area contributed by atoms with E-state index >= 15 is 0 Å². The molecule has 2 amide bonds. The van der Waals surface area contributed by atoms with Crippen LogP contribution in [0.2, 0.25) is 5.02 Å². The number of carbonyl (C=O) groups excluding carboxylic acids is 2. The van der Waals surface area contributed by atoms with E-state index in [1.165, 1.54) is 12.1 Å². The molecule has 2 aliphatic rings. The molecule has 2 fully saturated rings. The van der Waals surface area contributed by atoms with Crippen molar-refractivity contribution in [2.24, 2.45) is 5.92 Å². The van der Waals surface area contributed by atoms with E-state index in [4.69, 9.17) is 11.6 Å². The molecule has 1 atom stereocenters. The fraction of sp³-hybridized carbons (Fsp3) is 0.364. The maximum absolute atomic E-state index is 12.7.